The van der Waals surface area contributed by atoms with Gasteiger partial charge in [0.15, 0.2) is 0 Å². The third-order valence-electron chi connectivity index (χ3n) is 6.48. The summed E-state index contributed by atoms with van der Waals surface area (Å²) in [6.07, 6.45) is 11.2. The molecule has 4 rings (SSSR count). The highest BCUT2D eigenvalue weighted by molar-refractivity contribution is 5.91. The van der Waals surface area contributed by atoms with E-state index >= 15 is 0 Å². The van der Waals surface area contributed by atoms with E-state index in [1.165, 1.54) is 41.2 Å². The molecule has 3 heteroatoms. The van der Waals surface area contributed by atoms with Gasteiger partial charge in [-0.2, -0.15) is 0 Å². The molecule has 0 amide bonds. The molecule has 0 radical (unpaired) electrons. The summed E-state index contributed by atoms with van der Waals surface area (Å²) >= 11 is 0. The second-order valence-electron chi connectivity index (χ2n) is 8.71. The number of carbonyl (C=O) groups excluding carboxylic acids is 1. The Hall–Kier alpha value is -2.81. The van der Waals surface area contributed by atoms with E-state index < -0.39 is 0 Å². The summed E-state index contributed by atoms with van der Waals surface area (Å²) in [7, 11) is 0. The van der Waals surface area contributed by atoms with E-state index in [9.17, 15) is 4.79 Å². The molecule has 0 saturated heterocycles. The summed E-state index contributed by atoms with van der Waals surface area (Å²) in [5, 5.41) is 2.39. The molecular formula is C27H32N2O. The fourth-order valence-corrected chi connectivity index (χ4v) is 4.80. The fourth-order valence-electron chi connectivity index (χ4n) is 4.80. The first-order valence-electron chi connectivity index (χ1n) is 11.3. The number of unbranched alkanes of at least 4 members (excludes halogenated alkanes) is 4. The number of para-hydroxylation sites is 2. The number of aromatic amines is 2. The van der Waals surface area contributed by atoms with Crippen molar-refractivity contribution in [1.82, 2.24) is 9.97 Å². The Morgan fingerprint density at radius 2 is 1.33 bits per heavy atom. The van der Waals surface area contributed by atoms with Crippen LogP contribution in [0, 0.1) is 0 Å². The lowest BCUT2D eigenvalue weighted by molar-refractivity contribution is -0.120. The monoisotopic (exact) mass is 400 g/mol. The van der Waals surface area contributed by atoms with Gasteiger partial charge in [-0.1, -0.05) is 75.9 Å². The minimum atomic E-state index is -0.389. The molecule has 0 atom stereocenters. The quantitative estimate of drug-likeness (QED) is 0.270. The van der Waals surface area contributed by atoms with Crippen LogP contribution in [-0.2, 0) is 10.2 Å². The zero-order valence-electron chi connectivity index (χ0n) is 18.1. The maximum Gasteiger partial charge on any atom is 0.134 e. The number of hydrogen-bond acceptors (Lipinski definition) is 1. The highest BCUT2D eigenvalue weighted by atomic mass is 16.1. The number of hydrogen-bond donors (Lipinski definition) is 2. The van der Waals surface area contributed by atoms with Crippen molar-refractivity contribution in [2.45, 2.75) is 64.2 Å². The number of rotatable bonds is 10. The molecule has 2 aromatic carbocycles. The fraction of sp³-hybridized carbons (Fsp3) is 0.370. The largest absolute Gasteiger partial charge is 0.361 e. The minimum Gasteiger partial charge on any atom is -0.361 e. The lowest BCUT2D eigenvalue weighted by Crippen LogP contribution is -2.27. The second-order valence-corrected chi connectivity index (χ2v) is 8.71. The maximum atomic E-state index is 13.1. The molecule has 0 bridgehead atoms. The number of nitrogens with one attached hydrogen (secondary N) is 2. The number of ketones is 1. The van der Waals surface area contributed by atoms with Crippen LogP contribution in [0.4, 0.5) is 0 Å². The van der Waals surface area contributed by atoms with Crippen molar-refractivity contribution in [2.24, 2.45) is 0 Å². The van der Waals surface area contributed by atoms with E-state index in [4.69, 9.17) is 0 Å². The third-order valence-corrected chi connectivity index (χ3v) is 6.48. The van der Waals surface area contributed by atoms with Crippen molar-refractivity contribution < 1.29 is 4.79 Å². The zero-order valence-corrected chi connectivity index (χ0v) is 18.1. The van der Waals surface area contributed by atoms with Gasteiger partial charge >= 0.3 is 0 Å². The molecule has 0 unspecified atom stereocenters. The number of H-pyrrole nitrogens is 2. The topological polar surface area (TPSA) is 48.6 Å². The number of benzene rings is 2. The standard InChI is InChI=1S/C27H32N2O/c1-3-4-5-6-7-12-20(30)17-27(2,23-18-28-25-15-10-8-13-21(23)25)24-19-29-26-16-11-9-14-22(24)26/h8-11,13-16,18-19,28-29H,3-7,12,17H2,1-2H3. The minimum absolute atomic E-state index is 0.351. The van der Waals surface area contributed by atoms with Gasteiger partial charge in [0.25, 0.3) is 0 Å². The number of fused-ring (bicyclic) bond motifs is 2. The predicted molar refractivity (Wildman–Crippen MR) is 126 cm³/mol. The average molecular weight is 401 g/mol. The Kier molecular flexibility index (Phi) is 6.08. The van der Waals surface area contributed by atoms with Gasteiger partial charge in [0.05, 0.1) is 0 Å². The van der Waals surface area contributed by atoms with Crippen LogP contribution >= 0.6 is 0 Å². The van der Waals surface area contributed by atoms with Crippen LogP contribution in [-0.4, -0.2) is 15.8 Å². The van der Waals surface area contributed by atoms with Gasteiger partial charge in [-0.3, -0.25) is 4.79 Å². The van der Waals surface area contributed by atoms with Crippen LogP contribution < -0.4 is 0 Å². The summed E-state index contributed by atoms with van der Waals surface area (Å²) in [6.45, 7) is 4.45. The molecule has 0 fully saturated rings. The molecule has 0 saturated carbocycles. The molecule has 0 aliphatic heterocycles. The number of aromatic nitrogens is 2. The van der Waals surface area contributed by atoms with Crippen LogP contribution in [0.15, 0.2) is 60.9 Å². The molecule has 0 aliphatic rings. The van der Waals surface area contributed by atoms with Gasteiger partial charge in [0, 0.05) is 52.5 Å². The summed E-state index contributed by atoms with van der Waals surface area (Å²) in [5.41, 5.74) is 4.24. The van der Waals surface area contributed by atoms with E-state index in [1.807, 2.05) is 12.1 Å². The van der Waals surface area contributed by atoms with Crippen LogP contribution in [0.2, 0.25) is 0 Å². The Morgan fingerprint density at radius 3 is 1.90 bits per heavy atom. The van der Waals surface area contributed by atoms with Crippen molar-refractivity contribution in [1.29, 1.82) is 0 Å². The van der Waals surface area contributed by atoms with Gasteiger partial charge in [0.1, 0.15) is 5.78 Å². The lowest BCUT2D eigenvalue weighted by Gasteiger charge is -2.29. The van der Waals surface area contributed by atoms with E-state index in [2.05, 4.69) is 72.6 Å². The van der Waals surface area contributed by atoms with E-state index in [-0.39, 0.29) is 5.41 Å². The van der Waals surface area contributed by atoms with Crippen molar-refractivity contribution in [3.05, 3.63) is 72.1 Å². The van der Waals surface area contributed by atoms with Gasteiger partial charge in [0.2, 0.25) is 0 Å². The maximum absolute atomic E-state index is 13.1. The SMILES string of the molecule is CCCCCCCC(=O)CC(C)(c1c[nH]c2ccccc12)c1c[nH]c2ccccc12. The first-order valence-corrected chi connectivity index (χ1v) is 11.3. The van der Waals surface area contributed by atoms with Crippen molar-refractivity contribution in [3.8, 4) is 0 Å². The molecule has 2 heterocycles. The van der Waals surface area contributed by atoms with Crippen molar-refractivity contribution in [2.75, 3.05) is 0 Å². The normalized spacial score (nSPS) is 12.1. The van der Waals surface area contributed by atoms with Crippen LogP contribution in [0.1, 0.15) is 69.9 Å². The van der Waals surface area contributed by atoms with E-state index in [1.54, 1.807) is 0 Å². The van der Waals surface area contributed by atoms with Gasteiger partial charge in [-0.05, 0) is 29.7 Å². The van der Waals surface area contributed by atoms with Gasteiger partial charge in [-0.15, -0.1) is 0 Å². The molecule has 2 aromatic heterocycles. The molecule has 0 aliphatic carbocycles. The first-order chi connectivity index (χ1) is 14.6. The molecule has 2 N–H and O–H groups in total. The summed E-state index contributed by atoms with van der Waals surface area (Å²) in [4.78, 5) is 20.0. The van der Waals surface area contributed by atoms with Gasteiger partial charge in [-0.25, -0.2) is 0 Å². The first kappa shape index (κ1) is 20.5. The Bertz CT molecular complexity index is 1060. The Morgan fingerprint density at radius 1 is 0.800 bits per heavy atom. The van der Waals surface area contributed by atoms with E-state index in [0.29, 0.717) is 18.6 Å². The van der Waals surface area contributed by atoms with E-state index in [0.717, 1.165) is 23.9 Å². The summed E-state index contributed by atoms with van der Waals surface area (Å²) in [5.74, 6) is 0.351. The van der Waals surface area contributed by atoms with Crippen LogP contribution in [0.5, 0.6) is 0 Å². The average Bonchev–Trinajstić information content (AvgIpc) is 3.38. The predicted octanol–water partition coefficient (Wildman–Crippen LogP) is 7.27. The Balaban J connectivity index is 1.69. The molecular weight excluding hydrogens is 368 g/mol. The molecule has 30 heavy (non-hydrogen) atoms. The second kappa shape index (κ2) is 8.91. The van der Waals surface area contributed by atoms with Gasteiger partial charge < -0.3 is 9.97 Å². The van der Waals surface area contributed by atoms with Crippen molar-refractivity contribution >= 4 is 27.6 Å². The lowest BCUT2D eigenvalue weighted by atomic mass is 9.72. The highest BCUT2D eigenvalue weighted by Gasteiger charge is 2.35. The highest BCUT2D eigenvalue weighted by Crippen LogP contribution is 2.42. The smallest absolute Gasteiger partial charge is 0.134 e. The summed E-state index contributed by atoms with van der Waals surface area (Å²) < 4.78 is 0. The third kappa shape index (κ3) is 3.94. The van der Waals surface area contributed by atoms with Crippen LogP contribution in [0.3, 0.4) is 0 Å². The number of Topliss-reactive ketones (excluding diaryl/α,β-unsaturated/α-hetero) is 1. The Labute approximate surface area is 178 Å². The molecule has 156 valence electrons. The number of carbonyl (C=O) groups is 1. The molecule has 4 aromatic rings. The molecule has 0 spiro atoms. The molecule has 3 nitrogen and oxygen atoms in total. The van der Waals surface area contributed by atoms with Crippen LogP contribution in [0.25, 0.3) is 21.8 Å². The van der Waals surface area contributed by atoms with Crippen molar-refractivity contribution in [3.63, 3.8) is 0 Å². The zero-order chi connectivity index (χ0) is 21.0. The summed E-state index contributed by atoms with van der Waals surface area (Å²) in [6, 6.07) is 16.8.